The van der Waals surface area contributed by atoms with Crippen LogP contribution in [0, 0.1) is 87.1 Å². The van der Waals surface area contributed by atoms with Gasteiger partial charge in [0.15, 0.2) is 11.4 Å². The van der Waals surface area contributed by atoms with Crippen LogP contribution in [0.4, 0.5) is 99.8 Å². The topological polar surface area (TPSA) is 31.4 Å². The number of halogens is 2. The Hall–Kier alpha value is -13.0. The molecule has 9 nitrogen and oxygen atoms in total. The second-order valence-electron chi connectivity index (χ2n) is 40.1. The van der Waals surface area contributed by atoms with Gasteiger partial charge in [0.25, 0.3) is 0 Å². The summed E-state index contributed by atoms with van der Waals surface area (Å²) in [6.07, 6.45) is 0. The van der Waals surface area contributed by atoms with E-state index in [1.165, 1.54) is 153 Å². The fourth-order valence-electron chi connectivity index (χ4n) is 15.5. The molecular weight excluding hydrogens is 1660 g/mol. The van der Waals surface area contributed by atoms with E-state index in [4.69, 9.17) is 13.1 Å². The highest BCUT2D eigenvalue weighted by atomic mass is 28.3. The average molecular weight is 1810 g/mol. The van der Waals surface area contributed by atoms with Crippen LogP contribution in [0.15, 0.2) is 315 Å². The summed E-state index contributed by atoms with van der Waals surface area (Å²) in [4.78, 5) is 21.9. The minimum Gasteiger partial charge on any atom is -0.345 e. The van der Waals surface area contributed by atoms with E-state index in [1.54, 1.807) is 36.4 Å². The molecule has 0 saturated carbocycles. The Balaban J connectivity index is 0.000000191. The number of benzene rings is 14. The molecule has 14 aromatic carbocycles. The summed E-state index contributed by atoms with van der Waals surface area (Å²) in [5, 5.41) is 2.92. The lowest BCUT2D eigenvalue weighted by atomic mass is 9.87. The van der Waals surface area contributed by atoms with Crippen LogP contribution in [-0.2, 0) is 16.2 Å². The van der Waals surface area contributed by atoms with E-state index < -0.39 is 16.1 Å². The predicted molar refractivity (Wildman–Crippen MR) is 584 cm³/mol. The number of anilines is 14. The third kappa shape index (κ3) is 30.8. The number of nitrogens with zero attached hydrogens (tertiary/aromatic N) is 9. The molecule has 133 heavy (non-hydrogen) atoms. The van der Waals surface area contributed by atoms with Gasteiger partial charge in [-0.3, -0.25) is 0 Å². The molecule has 0 aliphatic carbocycles. The monoisotopic (exact) mass is 1810 g/mol. The molecular formula is C120H145F2N9Si2. The molecule has 0 amide bonds. The maximum Gasteiger partial charge on any atom is 0.187 e. The Morgan fingerprint density at radius 3 is 0.722 bits per heavy atom. The highest BCUT2D eigenvalue weighted by Crippen LogP contribution is 2.37. The molecule has 0 unspecified atom stereocenters. The molecule has 0 aliphatic rings. The van der Waals surface area contributed by atoms with E-state index in [-0.39, 0.29) is 27.9 Å². The van der Waals surface area contributed by atoms with Crippen LogP contribution in [0.5, 0.6) is 0 Å². The zero-order valence-electron chi connectivity index (χ0n) is 85.3. The number of para-hydroxylation sites is 1. The Morgan fingerprint density at radius 1 is 0.233 bits per heavy atom. The van der Waals surface area contributed by atoms with Crippen LogP contribution in [0.2, 0.25) is 39.3 Å². The molecule has 692 valence electrons. The predicted octanol–water partition coefficient (Wildman–Crippen LogP) is 33.3. The zero-order chi connectivity index (χ0) is 98.2. The molecule has 0 heterocycles. The fourth-order valence-corrected chi connectivity index (χ4v) is 17.9. The number of hydrogen-bond acceptors (Lipinski definition) is 7. The molecule has 0 N–H and O–H groups in total. The number of aryl methyl sites for hydroxylation is 9. The molecule has 0 fully saturated rings. The van der Waals surface area contributed by atoms with Gasteiger partial charge in [0.05, 0.1) is 29.3 Å². The molecule has 0 atom stereocenters. The second-order valence-corrected chi connectivity index (χ2v) is 50.2. The summed E-state index contributed by atoms with van der Waals surface area (Å²) >= 11 is 0. The van der Waals surface area contributed by atoms with Crippen molar-refractivity contribution < 1.29 is 8.78 Å². The SMILES string of the molecule is CN(c1ccc(F)cc1)c1ccc([Si](C)(C)C)cc1.Cc1cc(C)c(N(C)c2ccc(C(C)(C)C)cc2)c(C)c1.Cc1ccc(N(C)c2ccc(C(C)(C)C)cc2)c(C)c1.Cc1ccc(N(C)c2ccc(C)cc2C)cc1.Cc1ccccc1N(C)c1ccc(C(C)(C)C)cc1.[C-]#[N+]c1ccc(N(C)c2ccc(F)cc2)cc1.[C-]#[N+]c1ccc(N(C)c2ccc([Si](C)(C)C)cc2)cc1. The van der Waals surface area contributed by atoms with E-state index in [2.05, 4.69) is 457 Å². The molecule has 0 aromatic heterocycles. The molecule has 0 aliphatic heterocycles. The van der Waals surface area contributed by atoms with Crippen LogP contribution in [0.3, 0.4) is 0 Å². The maximum absolute atomic E-state index is 12.9. The second kappa shape index (κ2) is 46.8. The molecule has 0 spiro atoms. The van der Waals surface area contributed by atoms with Gasteiger partial charge in [-0.25, -0.2) is 18.5 Å². The first-order chi connectivity index (χ1) is 62.4. The van der Waals surface area contributed by atoms with Crippen molar-refractivity contribution in [1.29, 1.82) is 0 Å². The smallest absolute Gasteiger partial charge is 0.187 e. The first-order valence-electron chi connectivity index (χ1n) is 46.0. The zero-order valence-corrected chi connectivity index (χ0v) is 87.3. The molecule has 0 saturated heterocycles. The lowest BCUT2D eigenvalue weighted by Crippen LogP contribution is -2.37. The Labute approximate surface area is 801 Å². The highest BCUT2D eigenvalue weighted by molar-refractivity contribution is 6.89. The number of hydrogen-bond donors (Lipinski definition) is 0. The summed E-state index contributed by atoms with van der Waals surface area (Å²) in [5.41, 5.74) is 34.1. The molecule has 0 bridgehead atoms. The minimum atomic E-state index is -1.25. The lowest BCUT2D eigenvalue weighted by molar-refractivity contribution is 0.590. The molecule has 14 rings (SSSR count). The van der Waals surface area contributed by atoms with Crippen molar-refractivity contribution in [3.05, 3.63) is 417 Å². The van der Waals surface area contributed by atoms with Gasteiger partial charge in [-0.1, -0.05) is 286 Å². The maximum atomic E-state index is 12.9. The number of rotatable bonds is 16. The van der Waals surface area contributed by atoms with Gasteiger partial charge >= 0.3 is 0 Å². The van der Waals surface area contributed by atoms with Crippen molar-refractivity contribution in [3.63, 3.8) is 0 Å². The van der Waals surface area contributed by atoms with E-state index in [0.29, 0.717) is 11.4 Å². The van der Waals surface area contributed by atoms with Gasteiger partial charge in [0.1, 0.15) is 11.6 Å². The Morgan fingerprint density at radius 2 is 0.459 bits per heavy atom. The van der Waals surface area contributed by atoms with Crippen LogP contribution < -0.4 is 44.7 Å². The first kappa shape index (κ1) is 105. The summed E-state index contributed by atoms with van der Waals surface area (Å²) < 4.78 is 25.7. The van der Waals surface area contributed by atoms with Crippen LogP contribution >= 0.6 is 0 Å². The quantitative estimate of drug-likeness (QED) is 0.0704. The Kier molecular flexibility index (Phi) is 37.1. The fraction of sp³-hybridized carbons (Fsp3) is 0.283. The van der Waals surface area contributed by atoms with Gasteiger partial charge in [-0.05, 0) is 287 Å². The normalized spacial score (nSPS) is 11.0. The summed E-state index contributed by atoms with van der Waals surface area (Å²) in [6, 6.07) is 107. The van der Waals surface area contributed by atoms with Crippen molar-refractivity contribution in [2.24, 2.45) is 0 Å². The summed E-state index contributed by atoms with van der Waals surface area (Å²) in [6.45, 7) is 67.5. The highest BCUT2D eigenvalue weighted by Gasteiger charge is 2.22. The molecule has 0 radical (unpaired) electrons. The largest absolute Gasteiger partial charge is 0.345 e. The van der Waals surface area contributed by atoms with Gasteiger partial charge in [0, 0.05) is 129 Å². The third-order valence-electron chi connectivity index (χ3n) is 24.1. The minimum absolute atomic E-state index is 0.201. The van der Waals surface area contributed by atoms with Gasteiger partial charge in [-0.15, -0.1) is 0 Å². The molecule has 14 aromatic rings. The standard InChI is InChI=1S/C20H27N.C19H25N.C18H23N.C17H20N2Si.C16H20FNSi.C16H19N.C14H11FN2/c1-14-12-15(2)19(16(3)13-14)21(7)18-10-8-17(9-11-18)20(4,5)6;1-14-7-12-18(15(2)13-14)20(6)17-10-8-16(9-11-17)19(3,4)5;1-14-8-6-7-9-17(14)19(5)16-12-10-15(11-13-16)18(2,3)4;1-18-14-6-8-15(9-7-14)19(2)16-10-12-17(13-11-16)20(3,4)5;1-18(14-7-5-13(17)6-8-14)15-9-11-16(12-10-15)19(2,3)4;1-12-5-8-15(9-6-12)17(4)16-10-7-13(2)11-14(16)3;1-16-12-5-9-14(10-6-12)17(2)13-7-3-11(15)4-8-13/h8-13H,1-7H3;7-13H,1-6H3;6-13H,1-5H3;6-13H,2-5H3;5-12H,1-4H3;5-11H,1-4H3;3-10H,2H3. The van der Waals surface area contributed by atoms with Crippen molar-refractivity contribution in [1.82, 2.24) is 0 Å². The first-order valence-corrected chi connectivity index (χ1v) is 53.0. The summed E-state index contributed by atoms with van der Waals surface area (Å²) in [7, 11) is 12.0. The van der Waals surface area contributed by atoms with E-state index in [1.807, 2.05) is 55.4 Å². The van der Waals surface area contributed by atoms with E-state index in [0.717, 1.165) is 28.4 Å². The van der Waals surface area contributed by atoms with Gasteiger partial charge < -0.3 is 34.3 Å². The van der Waals surface area contributed by atoms with Crippen LogP contribution in [-0.4, -0.2) is 65.5 Å². The van der Waals surface area contributed by atoms with Crippen LogP contribution in [0.25, 0.3) is 9.69 Å². The van der Waals surface area contributed by atoms with Crippen molar-refractivity contribution in [3.8, 4) is 0 Å². The third-order valence-corrected chi connectivity index (χ3v) is 28.2. The van der Waals surface area contributed by atoms with E-state index >= 15 is 0 Å². The van der Waals surface area contributed by atoms with E-state index in [9.17, 15) is 8.78 Å². The lowest BCUT2D eigenvalue weighted by Gasteiger charge is -2.26. The van der Waals surface area contributed by atoms with Gasteiger partial charge in [0.2, 0.25) is 0 Å². The van der Waals surface area contributed by atoms with Crippen molar-refractivity contribution in [2.45, 2.75) is 180 Å². The van der Waals surface area contributed by atoms with Crippen LogP contribution in [0.1, 0.15) is 129 Å². The molecule has 13 heteroatoms. The van der Waals surface area contributed by atoms with Crippen molar-refractivity contribution >= 4 is 118 Å². The van der Waals surface area contributed by atoms with Crippen molar-refractivity contribution in [2.75, 3.05) is 83.6 Å². The average Bonchev–Trinajstić information content (AvgIpc) is 0.796. The summed E-state index contributed by atoms with van der Waals surface area (Å²) in [5.74, 6) is -0.447. The Bertz CT molecular complexity index is 6090. The van der Waals surface area contributed by atoms with Gasteiger partial charge in [-0.2, -0.15) is 0 Å².